The van der Waals surface area contributed by atoms with Crippen LogP contribution in [0.2, 0.25) is 0 Å². The first kappa shape index (κ1) is 10.9. The van der Waals surface area contributed by atoms with E-state index >= 15 is 0 Å². The zero-order valence-corrected chi connectivity index (χ0v) is 8.66. The lowest BCUT2D eigenvalue weighted by Gasteiger charge is -2.24. The Labute approximate surface area is 92.8 Å². The quantitative estimate of drug-likeness (QED) is 0.692. The zero-order valence-electron chi connectivity index (χ0n) is 8.66. The molecule has 84 valence electrons. The normalized spacial score (nSPS) is 20.4. The molecule has 0 aromatic heterocycles. The van der Waals surface area contributed by atoms with Gasteiger partial charge in [0.1, 0.15) is 17.4 Å². The maximum absolute atomic E-state index is 13.9. The van der Waals surface area contributed by atoms with Gasteiger partial charge >= 0.3 is 0 Å². The third-order valence-corrected chi connectivity index (χ3v) is 2.61. The second kappa shape index (κ2) is 4.47. The van der Waals surface area contributed by atoms with E-state index in [4.69, 9.17) is 15.7 Å². The van der Waals surface area contributed by atoms with Gasteiger partial charge < -0.3 is 15.8 Å². The second-order valence-corrected chi connectivity index (χ2v) is 3.63. The van der Waals surface area contributed by atoms with Crippen molar-refractivity contribution >= 4 is 5.69 Å². The van der Waals surface area contributed by atoms with E-state index in [9.17, 15) is 4.39 Å². The van der Waals surface area contributed by atoms with Gasteiger partial charge in [-0.2, -0.15) is 5.26 Å². The van der Waals surface area contributed by atoms with Crippen molar-refractivity contribution in [2.75, 3.05) is 25.5 Å². The molecule has 0 amide bonds. The number of nitrogens with zero attached hydrogens (tertiary/aromatic N) is 1. The molecule has 1 atom stereocenters. The molecule has 16 heavy (non-hydrogen) atoms. The molecule has 0 spiro atoms. The molecule has 1 fully saturated rings. The van der Waals surface area contributed by atoms with E-state index in [1.807, 2.05) is 0 Å². The minimum absolute atomic E-state index is 0.0927. The van der Waals surface area contributed by atoms with Crippen LogP contribution in [0.4, 0.5) is 10.1 Å². The van der Waals surface area contributed by atoms with E-state index in [-0.39, 0.29) is 17.3 Å². The molecule has 2 rings (SSSR count). The van der Waals surface area contributed by atoms with E-state index in [1.165, 1.54) is 0 Å². The van der Waals surface area contributed by atoms with Gasteiger partial charge in [-0.1, -0.05) is 6.07 Å². The fraction of sp³-hybridized carbons (Fsp3) is 0.364. The first-order valence-electron chi connectivity index (χ1n) is 5.03. The summed E-state index contributed by atoms with van der Waals surface area (Å²) < 4.78 is 19.2. The number of hydrogen-bond donors (Lipinski definition) is 2. The van der Waals surface area contributed by atoms with E-state index in [0.717, 1.165) is 0 Å². The van der Waals surface area contributed by atoms with Gasteiger partial charge in [0.15, 0.2) is 0 Å². The predicted molar refractivity (Wildman–Crippen MR) is 57.1 cm³/mol. The van der Waals surface area contributed by atoms with Gasteiger partial charge in [-0.3, -0.25) is 0 Å². The molecule has 0 radical (unpaired) electrons. The number of nitrogens with two attached hydrogens (primary N) is 1. The number of ether oxygens (including phenoxy) is 1. The molecular weight excluding hydrogens is 209 g/mol. The Kier molecular flexibility index (Phi) is 3.04. The highest BCUT2D eigenvalue weighted by Crippen LogP contribution is 2.25. The topological polar surface area (TPSA) is 71.1 Å². The van der Waals surface area contributed by atoms with Crippen LogP contribution in [0.5, 0.6) is 0 Å². The second-order valence-electron chi connectivity index (χ2n) is 3.63. The van der Waals surface area contributed by atoms with E-state index < -0.39 is 5.82 Å². The molecule has 1 aromatic rings. The predicted octanol–water partition coefficient (Wildman–Crippen LogP) is 0.940. The van der Waals surface area contributed by atoms with Crippen molar-refractivity contribution in [3.63, 3.8) is 0 Å². The van der Waals surface area contributed by atoms with Crippen molar-refractivity contribution in [2.45, 2.75) is 6.04 Å². The van der Waals surface area contributed by atoms with Gasteiger partial charge in [-0.15, -0.1) is 0 Å². The average Bonchev–Trinajstić information content (AvgIpc) is 2.31. The summed E-state index contributed by atoms with van der Waals surface area (Å²) >= 11 is 0. The smallest absolute Gasteiger partial charge is 0.147 e. The summed E-state index contributed by atoms with van der Waals surface area (Å²) in [6, 6.07) is 4.71. The number of rotatable bonds is 1. The number of morpholine rings is 1. The van der Waals surface area contributed by atoms with E-state index in [2.05, 4.69) is 5.32 Å². The molecule has 1 heterocycles. The minimum Gasteiger partial charge on any atom is -0.398 e. The SMILES string of the molecule is N#Cc1c(N)ccc([C@H]2COCCN2)c1F. The molecule has 0 unspecified atom stereocenters. The molecule has 4 nitrogen and oxygen atoms in total. The maximum atomic E-state index is 13.9. The molecule has 0 saturated carbocycles. The Hall–Kier alpha value is -1.64. The van der Waals surface area contributed by atoms with Crippen molar-refractivity contribution in [1.29, 1.82) is 5.26 Å². The van der Waals surface area contributed by atoms with Crippen LogP contribution in [0.15, 0.2) is 12.1 Å². The largest absolute Gasteiger partial charge is 0.398 e. The number of nitrogen functional groups attached to an aromatic ring is 1. The van der Waals surface area contributed by atoms with Gasteiger partial charge in [0, 0.05) is 12.1 Å². The van der Waals surface area contributed by atoms with E-state index in [0.29, 0.717) is 25.3 Å². The van der Waals surface area contributed by atoms with Gasteiger partial charge in [-0.05, 0) is 6.07 Å². The number of nitrogens with one attached hydrogen (secondary N) is 1. The highest BCUT2D eigenvalue weighted by molar-refractivity contribution is 5.56. The highest BCUT2D eigenvalue weighted by Gasteiger charge is 2.21. The van der Waals surface area contributed by atoms with Gasteiger partial charge in [0.2, 0.25) is 0 Å². The van der Waals surface area contributed by atoms with Crippen molar-refractivity contribution in [2.24, 2.45) is 0 Å². The minimum atomic E-state index is -0.550. The van der Waals surface area contributed by atoms with Crippen LogP contribution in [0, 0.1) is 17.1 Å². The van der Waals surface area contributed by atoms with Gasteiger partial charge in [0.05, 0.1) is 24.9 Å². The summed E-state index contributed by atoms with van der Waals surface area (Å²) in [6.07, 6.45) is 0. The van der Waals surface area contributed by atoms with Crippen LogP contribution < -0.4 is 11.1 Å². The number of hydrogen-bond acceptors (Lipinski definition) is 4. The number of benzene rings is 1. The lowest BCUT2D eigenvalue weighted by Crippen LogP contribution is -2.35. The van der Waals surface area contributed by atoms with Crippen LogP contribution in [-0.4, -0.2) is 19.8 Å². The summed E-state index contributed by atoms with van der Waals surface area (Å²) in [5, 5.41) is 11.9. The number of halogens is 1. The summed E-state index contributed by atoms with van der Waals surface area (Å²) in [7, 11) is 0. The lowest BCUT2D eigenvalue weighted by molar-refractivity contribution is 0.0757. The molecule has 5 heteroatoms. The van der Waals surface area contributed by atoms with Gasteiger partial charge in [-0.25, -0.2) is 4.39 Å². The van der Waals surface area contributed by atoms with Crippen LogP contribution in [0.1, 0.15) is 17.2 Å². The summed E-state index contributed by atoms with van der Waals surface area (Å²) in [4.78, 5) is 0. The molecule has 0 bridgehead atoms. The van der Waals surface area contributed by atoms with Crippen LogP contribution in [0.25, 0.3) is 0 Å². The standard InChI is InChI=1S/C11H12FN3O/c12-11-7(10-6-16-4-3-15-10)1-2-9(14)8(11)5-13/h1-2,10,15H,3-4,6,14H2/t10-/m1/s1. The number of nitriles is 1. The average molecular weight is 221 g/mol. The molecule has 3 N–H and O–H groups in total. The zero-order chi connectivity index (χ0) is 11.5. The third kappa shape index (κ3) is 1.85. The summed E-state index contributed by atoms with van der Waals surface area (Å²) in [5.41, 5.74) is 6.03. The fourth-order valence-electron chi connectivity index (χ4n) is 1.76. The Morgan fingerprint density at radius 2 is 2.38 bits per heavy atom. The Balaban J connectivity index is 2.38. The van der Waals surface area contributed by atoms with Gasteiger partial charge in [0.25, 0.3) is 0 Å². The number of anilines is 1. The van der Waals surface area contributed by atoms with Crippen LogP contribution >= 0.6 is 0 Å². The fourth-order valence-corrected chi connectivity index (χ4v) is 1.76. The molecule has 1 aliphatic rings. The molecule has 1 aromatic carbocycles. The van der Waals surface area contributed by atoms with Crippen molar-refractivity contribution in [3.05, 3.63) is 29.1 Å². The Morgan fingerprint density at radius 3 is 3.00 bits per heavy atom. The monoisotopic (exact) mass is 221 g/mol. The molecule has 1 aliphatic heterocycles. The first-order chi connectivity index (χ1) is 7.74. The molecular formula is C11H12FN3O. The first-order valence-corrected chi connectivity index (χ1v) is 5.03. The highest BCUT2D eigenvalue weighted by atomic mass is 19.1. The summed E-state index contributed by atoms with van der Waals surface area (Å²) in [5.74, 6) is -0.550. The molecule has 1 saturated heterocycles. The molecule has 0 aliphatic carbocycles. The third-order valence-electron chi connectivity index (χ3n) is 2.61. The maximum Gasteiger partial charge on any atom is 0.147 e. The van der Waals surface area contributed by atoms with Crippen molar-refractivity contribution < 1.29 is 9.13 Å². The summed E-state index contributed by atoms with van der Waals surface area (Å²) in [6.45, 7) is 1.71. The van der Waals surface area contributed by atoms with Crippen LogP contribution in [-0.2, 0) is 4.74 Å². The lowest BCUT2D eigenvalue weighted by atomic mass is 10.0. The Bertz CT molecular complexity index is 436. The van der Waals surface area contributed by atoms with E-state index in [1.54, 1.807) is 18.2 Å². The van der Waals surface area contributed by atoms with Crippen molar-refractivity contribution in [3.8, 4) is 6.07 Å². The van der Waals surface area contributed by atoms with Crippen LogP contribution in [0.3, 0.4) is 0 Å². The Morgan fingerprint density at radius 1 is 1.56 bits per heavy atom. The van der Waals surface area contributed by atoms with Crippen molar-refractivity contribution in [1.82, 2.24) is 5.32 Å².